The molecule has 0 fully saturated rings. The van der Waals surface area contributed by atoms with Crippen molar-refractivity contribution in [2.45, 2.75) is 19.9 Å². The van der Waals surface area contributed by atoms with Crippen molar-refractivity contribution in [1.82, 2.24) is 25.4 Å². The van der Waals surface area contributed by atoms with E-state index in [0.717, 1.165) is 24.6 Å². The largest absolute Gasteiger partial charge is 0.361 e. The zero-order valence-electron chi connectivity index (χ0n) is 14.8. The van der Waals surface area contributed by atoms with Gasteiger partial charge in [-0.05, 0) is 30.5 Å². The summed E-state index contributed by atoms with van der Waals surface area (Å²) in [6, 6.07) is 8.40. The van der Waals surface area contributed by atoms with Crippen molar-refractivity contribution >= 4 is 40.8 Å². The molecule has 3 N–H and O–H groups in total. The van der Waals surface area contributed by atoms with Gasteiger partial charge in [-0.15, -0.1) is 24.0 Å². The van der Waals surface area contributed by atoms with E-state index in [-0.39, 0.29) is 24.0 Å². The van der Waals surface area contributed by atoms with Gasteiger partial charge in [0.2, 0.25) is 0 Å². The molecule has 0 radical (unpaired) electrons. The molecule has 7 heteroatoms. The Hall–Kier alpha value is -2.03. The summed E-state index contributed by atoms with van der Waals surface area (Å²) in [5.41, 5.74) is 4.94. The second-order valence-corrected chi connectivity index (χ2v) is 5.86. The second kappa shape index (κ2) is 8.89. The average molecular weight is 452 g/mol. The molecule has 0 saturated carbocycles. The molecular weight excluding hydrogens is 427 g/mol. The van der Waals surface area contributed by atoms with Crippen LogP contribution in [0.4, 0.5) is 0 Å². The summed E-state index contributed by atoms with van der Waals surface area (Å²) in [6.45, 7) is 3.65. The Balaban J connectivity index is 0.00000225. The minimum absolute atomic E-state index is 0. The van der Waals surface area contributed by atoms with Crippen molar-refractivity contribution in [3.63, 3.8) is 0 Å². The zero-order valence-corrected chi connectivity index (χ0v) is 17.2. The summed E-state index contributed by atoms with van der Waals surface area (Å²) in [6.07, 6.45) is 4.84. The normalized spacial score (nSPS) is 11.4. The number of halogens is 1. The number of aryl methyl sites for hydroxylation is 2. The predicted molar refractivity (Wildman–Crippen MR) is 114 cm³/mol. The first kappa shape index (κ1) is 19.3. The number of nitrogens with one attached hydrogen (secondary N) is 3. The molecule has 25 heavy (non-hydrogen) atoms. The molecular formula is C18H25IN6. The highest BCUT2D eigenvalue weighted by atomic mass is 127. The molecule has 0 saturated heterocycles. The summed E-state index contributed by atoms with van der Waals surface area (Å²) < 4.78 is 1.86. The molecule has 0 bridgehead atoms. The van der Waals surface area contributed by atoms with Crippen LogP contribution < -0.4 is 10.6 Å². The van der Waals surface area contributed by atoms with E-state index in [1.807, 2.05) is 17.8 Å². The van der Waals surface area contributed by atoms with Gasteiger partial charge in [0.05, 0.1) is 12.2 Å². The highest BCUT2D eigenvalue weighted by Gasteiger charge is 2.06. The number of para-hydroxylation sites is 1. The van der Waals surface area contributed by atoms with E-state index in [9.17, 15) is 0 Å². The summed E-state index contributed by atoms with van der Waals surface area (Å²) in [5.74, 6) is 0.798. The Morgan fingerprint density at radius 2 is 2.12 bits per heavy atom. The van der Waals surface area contributed by atoms with Gasteiger partial charge in [0.25, 0.3) is 0 Å². The van der Waals surface area contributed by atoms with Gasteiger partial charge in [-0.2, -0.15) is 5.10 Å². The van der Waals surface area contributed by atoms with E-state index < -0.39 is 0 Å². The number of aliphatic imine (C=N–C) groups is 1. The summed E-state index contributed by atoms with van der Waals surface area (Å²) >= 11 is 0. The number of nitrogens with zero attached hydrogens (tertiary/aromatic N) is 3. The summed E-state index contributed by atoms with van der Waals surface area (Å²) in [5, 5.41) is 12.1. The maximum Gasteiger partial charge on any atom is 0.191 e. The number of aromatic nitrogens is 3. The Labute approximate surface area is 165 Å². The number of rotatable bonds is 5. The average Bonchev–Trinajstić information content (AvgIpc) is 3.18. The second-order valence-electron chi connectivity index (χ2n) is 5.86. The van der Waals surface area contributed by atoms with E-state index in [2.05, 4.69) is 57.0 Å². The van der Waals surface area contributed by atoms with Crippen LogP contribution >= 0.6 is 24.0 Å². The zero-order chi connectivity index (χ0) is 16.9. The maximum absolute atomic E-state index is 4.27. The van der Waals surface area contributed by atoms with E-state index in [0.29, 0.717) is 6.54 Å². The SMILES string of the molecule is CN=C(NCCc1c[nH]c2c(C)cccc12)NCc1ccnn1C.I. The minimum Gasteiger partial charge on any atom is -0.361 e. The third kappa shape index (κ3) is 4.53. The lowest BCUT2D eigenvalue weighted by molar-refractivity contribution is 0.684. The van der Waals surface area contributed by atoms with Gasteiger partial charge < -0.3 is 15.6 Å². The third-order valence-electron chi connectivity index (χ3n) is 4.28. The van der Waals surface area contributed by atoms with Crippen LogP contribution in [-0.2, 0) is 20.0 Å². The highest BCUT2D eigenvalue weighted by molar-refractivity contribution is 14.0. The lowest BCUT2D eigenvalue weighted by Gasteiger charge is -2.11. The fourth-order valence-corrected chi connectivity index (χ4v) is 2.86. The minimum atomic E-state index is 0. The fourth-order valence-electron chi connectivity index (χ4n) is 2.86. The van der Waals surface area contributed by atoms with Crippen LogP contribution in [0.3, 0.4) is 0 Å². The number of guanidine groups is 1. The molecule has 0 aliphatic rings. The number of hydrogen-bond acceptors (Lipinski definition) is 2. The van der Waals surface area contributed by atoms with Crippen molar-refractivity contribution in [2.75, 3.05) is 13.6 Å². The van der Waals surface area contributed by atoms with Gasteiger partial charge >= 0.3 is 0 Å². The van der Waals surface area contributed by atoms with Crippen molar-refractivity contribution < 1.29 is 0 Å². The van der Waals surface area contributed by atoms with E-state index in [1.165, 1.54) is 22.0 Å². The van der Waals surface area contributed by atoms with Crippen LogP contribution in [0.25, 0.3) is 10.9 Å². The van der Waals surface area contributed by atoms with Gasteiger partial charge in [0.15, 0.2) is 5.96 Å². The van der Waals surface area contributed by atoms with Crippen LogP contribution in [0, 0.1) is 6.92 Å². The van der Waals surface area contributed by atoms with Crippen molar-refractivity contribution in [3.8, 4) is 0 Å². The van der Waals surface area contributed by atoms with Crippen LogP contribution in [0.5, 0.6) is 0 Å². The van der Waals surface area contributed by atoms with Crippen molar-refractivity contribution in [2.24, 2.45) is 12.0 Å². The highest BCUT2D eigenvalue weighted by Crippen LogP contribution is 2.21. The molecule has 6 nitrogen and oxygen atoms in total. The molecule has 2 heterocycles. The van der Waals surface area contributed by atoms with Crippen LogP contribution in [0.2, 0.25) is 0 Å². The molecule has 3 rings (SSSR count). The first-order valence-corrected chi connectivity index (χ1v) is 8.16. The first-order valence-electron chi connectivity index (χ1n) is 8.16. The van der Waals surface area contributed by atoms with Crippen LogP contribution in [0.1, 0.15) is 16.8 Å². The van der Waals surface area contributed by atoms with Crippen LogP contribution in [0.15, 0.2) is 41.7 Å². The van der Waals surface area contributed by atoms with Gasteiger partial charge in [-0.25, -0.2) is 0 Å². The molecule has 0 aliphatic heterocycles. The monoisotopic (exact) mass is 452 g/mol. The Morgan fingerprint density at radius 3 is 2.84 bits per heavy atom. The molecule has 134 valence electrons. The van der Waals surface area contributed by atoms with E-state index in [4.69, 9.17) is 0 Å². The Kier molecular flexibility index (Phi) is 6.86. The first-order chi connectivity index (χ1) is 11.7. The maximum atomic E-state index is 4.27. The fraction of sp³-hybridized carbons (Fsp3) is 0.333. The van der Waals surface area contributed by atoms with E-state index >= 15 is 0 Å². The molecule has 0 aliphatic carbocycles. The number of H-pyrrole nitrogens is 1. The standard InChI is InChI=1S/C18H24N6.HI/c1-13-5-4-6-16-14(11-21-17(13)16)7-9-20-18(19-2)22-12-15-8-10-23-24(15)3;/h4-6,8,10-11,21H,7,9,12H2,1-3H3,(H2,19,20,22);1H. The molecule has 3 aromatic rings. The third-order valence-corrected chi connectivity index (χ3v) is 4.28. The Morgan fingerprint density at radius 1 is 1.28 bits per heavy atom. The molecule has 0 unspecified atom stereocenters. The number of fused-ring (bicyclic) bond motifs is 1. The lowest BCUT2D eigenvalue weighted by atomic mass is 10.1. The van der Waals surface area contributed by atoms with Crippen LogP contribution in [-0.4, -0.2) is 34.3 Å². The van der Waals surface area contributed by atoms with E-state index in [1.54, 1.807) is 13.2 Å². The van der Waals surface area contributed by atoms with Gasteiger partial charge in [-0.3, -0.25) is 9.67 Å². The lowest BCUT2D eigenvalue weighted by Crippen LogP contribution is -2.38. The van der Waals surface area contributed by atoms with Gasteiger partial charge in [0.1, 0.15) is 0 Å². The number of aromatic amines is 1. The predicted octanol–water partition coefficient (Wildman–Crippen LogP) is 2.74. The smallest absolute Gasteiger partial charge is 0.191 e. The topological polar surface area (TPSA) is 70.0 Å². The van der Waals surface area contributed by atoms with Gasteiger partial charge in [0, 0.05) is 43.9 Å². The van der Waals surface area contributed by atoms with Crippen molar-refractivity contribution in [3.05, 3.63) is 53.5 Å². The molecule has 0 atom stereocenters. The molecule has 2 aromatic heterocycles. The summed E-state index contributed by atoms with van der Waals surface area (Å²) in [4.78, 5) is 7.64. The summed E-state index contributed by atoms with van der Waals surface area (Å²) in [7, 11) is 3.72. The number of benzene rings is 1. The molecule has 0 spiro atoms. The van der Waals surface area contributed by atoms with Crippen molar-refractivity contribution in [1.29, 1.82) is 0 Å². The quantitative estimate of drug-likeness (QED) is 0.317. The Bertz CT molecular complexity index is 848. The molecule has 1 aromatic carbocycles. The number of hydrogen-bond donors (Lipinski definition) is 3. The molecule has 0 amide bonds. The van der Waals surface area contributed by atoms with Gasteiger partial charge in [-0.1, -0.05) is 18.2 Å².